The molecule has 6 N–H and O–H groups in total. The molecule has 3 heterocycles. The van der Waals surface area contributed by atoms with Crippen LogP contribution in [0.25, 0.3) is 0 Å². The zero-order chi connectivity index (χ0) is 20.4. The maximum Gasteiger partial charge on any atom is 0.353 e. The minimum Gasteiger partial charge on any atom is -0.477 e. The SMILES string of the molecule is NCCON=C(C(=O)NC1C(=O)N2C(C(=O)O)=C(Cl)CS[C@H]12)c1csc(N)n1. The predicted molar refractivity (Wildman–Crippen MR) is 104 cm³/mol. The molecule has 2 aliphatic heterocycles. The molecule has 3 rings (SSSR count). The summed E-state index contributed by atoms with van der Waals surface area (Å²) in [6.07, 6.45) is 0. The van der Waals surface area contributed by atoms with E-state index in [1.165, 1.54) is 17.1 Å². The average Bonchev–Trinajstić information content (AvgIpc) is 3.08. The Morgan fingerprint density at radius 1 is 1.54 bits per heavy atom. The van der Waals surface area contributed by atoms with Gasteiger partial charge in [0.1, 0.15) is 29.4 Å². The van der Waals surface area contributed by atoms with Crippen LogP contribution in [0.2, 0.25) is 0 Å². The zero-order valence-corrected chi connectivity index (χ0v) is 16.5. The van der Waals surface area contributed by atoms with Gasteiger partial charge in [-0.1, -0.05) is 16.8 Å². The van der Waals surface area contributed by atoms with E-state index < -0.39 is 29.2 Å². The first-order valence-corrected chi connectivity index (χ1v) is 10.1. The number of nitrogens with two attached hydrogens (primary N) is 2. The molecule has 1 fully saturated rings. The zero-order valence-electron chi connectivity index (χ0n) is 14.1. The summed E-state index contributed by atoms with van der Waals surface area (Å²) in [7, 11) is 0. The highest BCUT2D eigenvalue weighted by Gasteiger charge is 2.54. The number of carbonyl (C=O) groups excluding carboxylic acids is 2. The third-order valence-corrected chi connectivity index (χ3v) is 6.18. The number of carboxylic acids is 1. The number of halogens is 1. The van der Waals surface area contributed by atoms with Gasteiger partial charge >= 0.3 is 5.97 Å². The Labute approximate surface area is 171 Å². The van der Waals surface area contributed by atoms with Gasteiger partial charge in [0.05, 0.1) is 5.03 Å². The lowest BCUT2D eigenvalue weighted by Crippen LogP contribution is -2.71. The maximum atomic E-state index is 12.7. The summed E-state index contributed by atoms with van der Waals surface area (Å²) in [6, 6.07) is -0.938. The van der Waals surface area contributed by atoms with E-state index in [1.807, 2.05) is 0 Å². The van der Waals surface area contributed by atoms with Crippen molar-refractivity contribution in [3.05, 3.63) is 21.8 Å². The van der Waals surface area contributed by atoms with Gasteiger partial charge in [0.15, 0.2) is 10.8 Å². The molecule has 0 radical (unpaired) electrons. The Balaban J connectivity index is 1.77. The molecule has 1 unspecified atom stereocenters. The van der Waals surface area contributed by atoms with Crippen molar-refractivity contribution in [3.8, 4) is 0 Å². The Morgan fingerprint density at radius 2 is 2.29 bits per heavy atom. The lowest BCUT2D eigenvalue weighted by atomic mass is 10.0. The molecule has 14 heteroatoms. The topological polar surface area (TPSA) is 173 Å². The number of nitrogens with one attached hydrogen (secondary N) is 1. The minimum absolute atomic E-state index is 0.0715. The Kier molecular flexibility index (Phi) is 6.07. The van der Waals surface area contributed by atoms with E-state index in [2.05, 4.69) is 15.5 Å². The number of fused-ring (bicyclic) bond motifs is 1. The number of anilines is 1. The molecule has 2 atom stereocenters. The average molecular weight is 447 g/mol. The maximum absolute atomic E-state index is 12.7. The van der Waals surface area contributed by atoms with Crippen molar-refractivity contribution in [1.29, 1.82) is 0 Å². The summed E-state index contributed by atoms with van der Waals surface area (Å²) in [5, 5.41) is 16.8. The van der Waals surface area contributed by atoms with Crippen LogP contribution < -0.4 is 16.8 Å². The number of oxime groups is 1. The summed E-state index contributed by atoms with van der Waals surface area (Å²) >= 11 is 8.28. The van der Waals surface area contributed by atoms with Gasteiger partial charge in [0, 0.05) is 17.7 Å². The number of rotatable bonds is 7. The van der Waals surface area contributed by atoms with Gasteiger partial charge in [0.2, 0.25) is 0 Å². The molecule has 1 aromatic heterocycles. The van der Waals surface area contributed by atoms with Crippen LogP contribution in [0.15, 0.2) is 21.3 Å². The molecule has 2 aliphatic rings. The summed E-state index contributed by atoms with van der Waals surface area (Å²) < 4.78 is 0. The molecule has 0 bridgehead atoms. The number of thioether (sulfide) groups is 1. The van der Waals surface area contributed by atoms with Crippen LogP contribution >= 0.6 is 34.7 Å². The largest absolute Gasteiger partial charge is 0.477 e. The fourth-order valence-electron chi connectivity index (χ4n) is 2.56. The van der Waals surface area contributed by atoms with Crippen LogP contribution in [-0.4, -0.2) is 68.8 Å². The highest BCUT2D eigenvalue weighted by Crippen LogP contribution is 2.41. The van der Waals surface area contributed by atoms with Gasteiger partial charge in [-0.2, -0.15) is 0 Å². The van der Waals surface area contributed by atoms with Crippen molar-refractivity contribution in [3.63, 3.8) is 0 Å². The van der Waals surface area contributed by atoms with E-state index in [1.54, 1.807) is 0 Å². The van der Waals surface area contributed by atoms with Gasteiger partial charge < -0.3 is 26.7 Å². The molecule has 0 spiro atoms. The highest BCUT2D eigenvalue weighted by molar-refractivity contribution is 8.00. The minimum atomic E-state index is -1.30. The molecule has 1 aromatic rings. The van der Waals surface area contributed by atoms with Crippen LogP contribution in [0.1, 0.15) is 5.69 Å². The quantitative estimate of drug-likeness (QED) is 0.183. The van der Waals surface area contributed by atoms with E-state index >= 15 is 0 Å². The predicted octanol–water partition coefficient (Wildman–Crippen LogP) is -0.660. The van der Waals surface area contributed by atoms with Crippen molar-refractivity contribution < 1.29 is 24.3 Å². The van der Waals surface area contributed by atoms with E-state index in [-0.39, 0.29) is 46.2 Å². The number of nitrogen functional groups attached to an aromatic ring is 1. The second-order valence-corrected chi connectivity index (χ2v) is 8.00. The van der Waals surface area contributed by atoms with Gasteiger partial charge in [-0.3, -0.25) is 14.5 Å². The number of hydrogen-bond donors (Lipinski definition) is 4. The summed E-state index contributed by atoms with van der Waals surface area (Å²) in [5.74, 6) is -2.38. The monoisotopic (exact) mass is 446 g/mol. The van der Waals surface area contributed by atoms with Crippen LogP contribution in [0.4, 0.5) is 5.13 Å². The standard InChI is InChI=1S/C14H15ClN6O5S2/c15-5-3-27-12-8(11(23)21(12)9(5)13(24)25)19-10(22)7(20-26-2-1-16)6-4-28-14(17)18-6/h4,8,12H,1-3,16H2,(H2,17,18)(H,19,22)(H,24,25)/t8?,12-/m1/s1. The number of nitrogens with zero attached hydrogens (tertiary/aromatic N) is 3. The molecule has 150 valence electrons. The number of thiazole rings is 1. The molecular formula is C14H15ClN6O5S2. The lowest BCUT2D eigenvalue weighted by Gasteiger charge is -2.48. The van der Waals surface area contributed by atoms with E-state index in [9.17, 15) is 19.5 Å². The van der Waals surface area contributed by atoms with Crippen LogP contribution in [-0.2, 0) is 19.2 Å². The summed E-state index contributed by atoms with van der Waals surface area (Å²) in [6.45, 7) is 0.272. The first-order chi connectivity index (χ1) is 13.3. The molecular weight excluding hydrogens is 432 g/mol. The van der Waals surface area contributed by atoms with Crippen LogP contribution in [0, 0.1) is 0 Å². The van der Waals surface area contributed by atoms with Crippen molar-refractivity contribution in [1.82, 2.24) is 15.2 Å². The smallest absolute Gasteiger partial charge is 0.353 e. The summed E-state index contributed by atoms with van der Waals surface area (Å²) in [4.78, 5) is 46.5. The molecule has 0 aliphatic carbocycles. The molecule has 2 amide bonds. The first kappa shape index (κ1) is 20.4. The number of aromatic nitrogens is 1. The Hall–Kier alpha value is -2.35. The van der Waals surface area contributed by atoms with Gasteiger partial charge in [-0.15, -0.1) is 23.1 Å². The normalized spacial score (nSPS) is 21.9. The lowest BCUT2D eigenvalue weighted by molar-refractivity contribution is -0.150. The highest BCUT2D eigenvalue weighted by atomic mass is 35.5. The number of carbonyl (C=O) groups is 3. The molecule has 28 heavy (non-hydrogen) atoms. The van der Waals surface area contributed by atoms with Gasteiger partial charge in [-0.05, 0) is 0 Å². The van der Waals surface area contributed by atoms with Gasteiger partial charge in [0.25, 0.3) is 11.8 Å². The second kappa shape index (κ2) is 8.34. The number of β-lactam (4-membered cyclic amide) rings is 1. The number of carboxylic acid groups (broad SMARTS) is 1. The molecule has 1 saturated heterocycles. The molecule has 0 aromatic carbocycles. The van der Waals surface area contributed by atoms with Crippen LogP contribution in [0.5, 0.6) is 0 Å². The van der Waals surface area contributed by atoms with Crippen molar-refractivity contribution in [2.24, 2.45) is 10.9 Å². The van der Waals surface area contributed by atoms with E-state index in [0.717, 1.165) is 16.2 Å². The number of amides is 2. The van der Waals surface area contributed by atoms with Crippen molar-refractivity contribution >= 4 is 63.3 Å². The second-order valence-electron chi connectivity index (χ2n) is 5.55. The van der Waals surface area contributed by atoms with Crippen molar-refractivity contribution in [2.75, 3.05) is 24.6 Å². The third kappa shape index (κ3) is 3.78. The summed E-state index contributed by atoms with van der Waals surface area (Å²) in [5.41, 5.74) is 10.7. The van der Waals surface area contributed by atoms with Crippen molar-refractivity contribution in [2.45, 2.75) is 11.4 Å². The fourth-order valence-corrected chi connectivity index (χ4v) is 4.65. The number of aliphatic carboxylic acids is 1. The van der Waals surface area contributed by atoms with E-state index in [4.69, 9.17) is 27.9 Å². The Bertz CT molecular complexity index is 887. The third-order valence-electron chi connectivity index (χ3n) is 3.76. The van der Waals surface area contributed by atoms with E-state index in [0.29, 0.717) is 0 Å². The molecule has 0 saturated carbocycles. The molecule has 11 nitrogen and oxygen atoms in total. The Morgan fingerprint density at radius 3 is 2.89 bits per heavy atom. The number of hydrogen-bond acceptors (Lipinski definition) is 10. The van der Waals surface area contributed by atoms with Crippen LogP contribution in [0.3, 0.4) is 0 Å². The first-order valence-electron chi connectivity index (χ1n) is 7.84. The van der Waals surface area contributed by atoms with Gasteiger partial charge in [-0.25, -0.2) is 9.78 Å². The fraction of sp³-hybridized carbons (Fsp3) is 0.357.